The molecule has 5 heteroatoms. The van der Waals surface area contributed by atoms with Gasteiger partial charge in [-0.25, -0.2) is 0 Å². The van der Waals surface area contributed by atoms with E-state index < -0.39 is 4.92 Å². The molecule has 0 amide bonds. The molecule has 0 radical (unpaired) electrons. The first-order valence-corrected chi connectivity index (χ1v) is 7.48. The Hall–Kier alpha value is -2.40. The normalized spacial score (nSPS) is 10.6. The molecule has 0 unspecified atom stereocenters. The van der Waals surface area contributed by atoms with Gasteiger partial charge in [0.2, 0.25) is 0 Å². The molecule has 0 saturated heterocycles. The first-order chi connectivity index (χ1) is 10.6. The second-order valence-corrected chi connectivity index (χ2v) is 5.65. The maximum Gasteiger partial charge on any atom is 0.287 e. The molecule has 110 valence electrons. The van der Waals surface area contributed by atoms with E-state index in [4.69, 9.17) is 4.74 Å². The quantitative estimate of drug-likeness (QED) is 0.482. The third-order valence-electron chi connectivity index (χ3n) is 3.39. The van der Waals surface area contributed by atoms with E-state index in [9.17, 15) is 10.1 Å². The van der Waals surface area contributed by atoms with Crippen molar-refractivity contribution in [3.8, 4) is 5.75 Å². The number of hydrogen-bond acceptors (Lipinski definition) is 3. The summed E-state index contributed by atoms with van der Waals surface area (Å²) in [6.07, 6.45) is 0. The summed E-state index contributed by atoms with van der Waals surface area (Å²) in [6, 6.07) is 18.8. The van der Waals surface area contributed by atoms with Crippen molar-refractivity contribution in [2.45, 2.75) is 6.61 Å². The molecular formula is C17H12BrNO3. The number of halogens is 1. The van der Waals surface area contributed by atoms with Crippen molar-refractivity contribution in [2.75, 3.05) is 0 Å². The highest BCUT2D eigenvalue weighted by molar-refractivity contribution is 9.10. The van der Waals surface area contributed by atoms with Gasteiger partial charge in [-0.2, -0.15) is 0 Å². The molecule has 3 aromatic carbocycles. The van der Waals surface area contributed by atoms with Crippen LogP contribution in [0.15, 0.2) is 65.1 Å². The van der Waals surface area contributed by atoms with E-state index in [0.717, 1.165) is 16.3 Å². The topological polar surface area (TPSA) is 52.4 Å². The predicted molar refractivity (Wildman–Crippen MR) is 89.1 cm³/mol. The van der Waals surface area contributed by atoms with E-state index in [-0.39, 0.29) is 5.69 Å². The minimum Gasteiger partial charge on any atom is -0.489 e. The Morgan fingerprint density at radius 3 is 2.64 bits per heavy atom. The number of fused-ring (bicyclic) bond motifs is 1. The van der Waals surface area contributed by atoms with Gasteiger partial charge in [0.1, 0.15) is 12.4 Å². The van der Waals surface area contributed by atoms with Gasteiger partial charge >= 0.3 is 0 Å². The van der Waals surface area contributed by atoms with Crippen molar-refractivity contribution in [3.05, 3.63) is 80.8 Å². The van der Waals surface area contributed by atoms with Gasteiger partial charge in [-0.3, -0.25) is 10.1 Å². The average molecular weight is 358 g/mol. The summed E-state index contributed by atoms with van der Waals surface area (Å²) in [5, 5.41) is 13.2. The summed E-state index contributed by atoms with van der Waals surface area (Å²) >= 11 is 3.16. The molecule has 0 aliphatic carbocycles. The Morgan fingerprint density at radius 1 is 1.05 bits per heavy atom. The lowest BCUT2D eigenvalue weighted by Gasteiger charge is -2.09. The molecule has 0 spiro atoms. The number of nitrogens with zero attached hydrogens (tertiary/aromatic N) is 1. The van der Waals surface area contributed by atoms with Crippen molar-refractivity contribution in [1.29, 1.82) is 0 Å². The molecule has 0 heterocycles. The van der Waals surface area contributed by atoms with Gasteiger partial charge in [0.25, 0.3) is 5.69 Å². The molecule has 3 aromatic rings. The van der Waals surface area contributed by atoms with Gasteiger partial charge < -0.3 is 4.74 Å². The molecule has 0 bridgehead atoms. The van der Waals surface area contributed by atoms with E-state index in [0.29, 0.717) is 16.8 Å². The van der Waals surface area contributed by atoms with Crippen LogP contribution in [0.4, 0.5) is 5.69 Å². The van der Waals surface area contributed by atoms with Crippen molar-refractivity contribution in [1.82, 2.24) is 0 Å². The van der Waals surface area contributed by atoms with Gasteiger partial charge in [-0.1, -0.05) is 42.5 Å². The zero-order valence-electron chi connectivity index (χ0n) is 11.5. The van der Waals surface area contributed by atoms with Gasteiger partial charge in [0.15, 0.2) is 0 Å². The first kappa shape index (κ1) is 14.5. The number of ether oxygens (including phenoxy) is 1. The van der Waals surface area contributed by atoms with Crippen LogP contribution in [0.1, 0.15) is 5.56 Å². The van der Waals surface area contributed by atoms with Crippen molar-refractivity contribution < 1.29 is 9.66 Å². The first-order valence-electron chi connectivity index (χ1n) is 6.68. The van der Waals surface area contributed by atoms with Crippen molar-refractivity contribution >= 4 is 32.4 Å². The summed E-state index contributed by atoms with van der Waals surface area (Å²) in [7, 11) is 0. The smallest absolute Gasteiger partial charge is 0.287 e. The van der Waals surface area contributed by atoms with Crippen LogP contribution in [0, 0.1) is 10.1 Å². The summed E-state index contributed by atoms with van der Waals surface area (Å²) in [6.45, 7) is 0.361. The summed E-state index contributed by atoms with van der Waals surface area (Å²) in [4.78, 5) is 10.5. The van der Waals surface area contributed by atoms with Crippen LogP contribution in [-0.2, 0) is 6.61 Å². The Balaban J connectivity index is 1.85. The highest BCUT2D eigenvalue weighted by Crippen LogP contribution is 2.29. The fourth-order valence-electron chi connectivity index (χ4n) is 2.30. The van der Waals surface area contributed by atoms with Crippen LogP contribution < -0.4 is 4.74 Å². The SMILES string of the molecule is O=[N+]([O-])c1cc(OCc2cccc3ccccc23)ccc1Br. The van der Waals surface area contributed by atoms with Gasteiger partial charge in [-0.15, -0.1) is 0 Å². The molecule has 0 atom stereocenters. The molecule has 0 aliphatic heterocycles. The molecule has 22 heavy (non-hydrogen) atoms. The van der Waals surface area contributed by atoms with Gasteiger partial charge in [-0.05, 0) is 44.4 Å². The molecule has 4 nitrogen and oxygen atoms in total. The maximum atomic E-state index is 10.9. The molecule has 0 aliphatic rings. The van der Waals surface area contributed by atoms with Crippen LogP contribution in [0.3, 0.4) is 0 Å². The average Bonchev–Trinajstić information content (AvgIpc) is 2.53. The van der Waals surface area contributed by atoms with Crippen LogP contribution in [-0.4, -0.2) is 4.92 Å². The standard InChI is InChI=1S/C17H12BrNO3/c18-16-9-8-14(10-17(16)19(20)21)22-11-13-6-3-5-12-4-1-2-7-15(12)13/h1-10H,11H2. The Kier molecular flexibility index (Phi) is 4.06. The highest BCUT2D eigenvalue weighted by atomic mass is 79.9. The minimum atomic E-state index is -0.436. The van der Waals surface area contributed by atoms with Gasteiger partial charge in [0.05, 0.1) is 15.5 Å². The molecule has 0 fully saturated rings. The zero-order chi connectivity index (χ0) is 15.5. The zero-order valence-corrected chi connectivity index (χ0v) is 13.1. The molecule has 0 aromatic heterocycles. The molecular weight excluding hydrogens is 346 g/mol. The van der Waals surface area contributed by atoms with E-state index in [1.54, 1.807) is 12.1 Å². The van der Waals surface area contributed by atoms with Crippen molar-refractivity contribution in [2.24, 2.45) is 0 Å². The molecule has 3 rings (SSSR count). The summed E-state index contributed by atoms with van der Waals surface area (Å²) in [5.41, 5.74) is 1.04. The van der Waals surface area contributed by atoms with E-state index in [1.165, 1.54) is 6.07 Å². The number of hydrogen-bond donors (Lipinski definition) is 0. The molecule has 0 N–H and O–H groups in total. The highest BCUT2D eigenvalue weighted by Gasteiger charge is 2.13. The number of nitro groups is 1. The lowest BCUT2D eigenvalue weighted by Crippen LogP contribution is -1.97. The van der Waals surface area contributed by atoms with Crippen LogP contribution in [0.25, 0.3) is 10.8 Å². The van der Waals surface area contributed by atoms with Crippen molar-refractivity contribution in [3.63, 3.8) is 0 Å². The van der Waals surface area contributed by atoms with E-state index in [2.05, 4.69) is 15.9 Å². The number of nitro benzene ring substituents is 1. The second kappa shape index (κ2) is 6.15. The Bertz CT molecular complexity index is 843. The lowest BCUT2D eigenvalue weighted by atomic mass is 10.1. The third-order valence-corrected chi connectivity index (χ3v) is 4.06. The van der Waals surface area contributed by atoms with Crippen LogP contribution in [0.2, 0.25) is 0 Å². The van der Waals surface area contributed by atoms with E-state index >= 15 is 0 Å². The second-order valence-electron chi connectivity index (χ2n) is 4.80. The third kappa shape index (κ3) is 2.94. The summed E-state index contributed by atoms with van der Waals surface area (Å²) < 4.78 is 6.16. The maximum absolute atomic E-state index is 10.9. The van der Waals surface area contributed by atoms with E-state index in [1.807, 2.05) is 42.5 Å². The fourth-order valence-corrected chi connectivity index (χ4v) is 2.69. The number of benzene rings is 3. The fraction of sp³-hybridized carbons (Fsp3) is 0.0588. The monoisotopic (exact) mass is 357 g/mol. The lowest BCUT2D eigenvalue weighted by molar-refractivity contribution is -0.385. The Labute approximate surface area is 135 Å². The Morgan fingerprint density at radius 2 is 1.82 bits per heavy atom. The number of rotatable bonds is 4. The van der Waals surface area contributed by atoms with Crippen LogP contribution in [0.5, 0.6) is 5.75 Å². The van der Waals surface area contributed by atoms with Crippen LogP contribution >= 0.6 is 15.9 Å². The largest absolute Gasteiger partial charge is 0.489 e. The predicted octanol–water partition coefficient (Wildman–Crippen LogP) is 5.09. The minimum absolute atomic E-state index is 0.00424. The van der Waals surface area contributed by atoms with Gasteiger partial charge in [0, 0.05) is 0 Å². The molecule has 0 saturated carbocycles. The summed E-state index contributed by atoms with van der Waals surface area (Å²) in [5.74, 6) is 0.475.